The number of phenols is 1. The number of hydrogen-bond acceptors (Lipinski definition) is 3. The molecular weight excluding hydrogens is 243 g/mol. The van der Waals surface area contributed by atoms with Gasteiger partial charge in [0.25, 0.3) is 0 Å². The molecule has 0 bridgehead atoms. The molecule has 1 aromatic heterocycles. The number of aryl methyl sites for hydroxylation is 1. The maximum Gasteiger partial charge on any atom is 0.165 e. The third-order valence-electron chi connectivity index (χ3n) is 2.54. The fourth-order valence-electron chi connectivity index (χ4n) is 1.37. The molecule has 0 fully saturated rings. The molecule has 3 nitrogen and oxygen atoms in total. The van der Waals surface area contributed by atoms with Crippen LogP contribution in [0.25, 0.3) is 11.4 Å². The summed E-state index contributed by atoms with van der Waals surface area (Å²) >= 11 is 5.95. The van der Waals surface area contributed by atoms with E-state index in [9.17, 15) is 4.39 Å². The van der Waals surface area contributed by atoms with E-state index in [0.717, 1.165) is 11.3 Å². The Morgan fingerprint density at radius 1 is 1.24 bits per heavy atom. The topological polar surface area (TPSA) is 46.0 Å². The van der Waals surface area contributed by atoms with Gasteiger partial charge in [0.15, 0.2) is 17.4 Å². The summed E-state index contributed by atoms with van der Waals surface area (Å²) in [5, 5.41) is 9.45. The average molecular weight is 253 g/mol. The van der Waals surface area contributed by atoms with Crippen LogP contribution in [-0.4, -0.2) is 15.1 Å². The van der Waals surface area contributed by atoms with Crippen LogP contribution < -0.4 is 0 Å². The summed E-state index contributed by atoms with van der Waals surface area (Å²) in [5.41, 5.74) is 2.02. The van der Waals surface area contributed by atoms with Gasteiger partial charge in [0, 0.05) is 16.8 Å². The summed E-state index contributed by atoms with van der Waals surface area (Å²) in [6.45, 7) is 3.63. The smallest absolute Gasteiger partial charge is 0.165 e. The molecule has 0 unspecified atom stereocenters. The number of phenolic OH excluding ortho intramolecular Hbond substituents is 1. The maximum absolute atomic E-state index is 13.2. The summed E-state index contributed by atoms with van der Waals surface area (Å²) in [4.78, 5) is 8.31. The Morgan fingerprint density at radius 3 is 2.53 bits per heavy atom. The van der Waals surface area contributed by atoms with Crippen LogP contribution in [-0.2, 0) is 0 Å². The quantitative estimate of drug-likeness (QED) is 0.793. The van der Waals surface area contributed by atoms with Crippen LogP contribution in [0.5, 0.6) is 5.75 Å². The van der Waals surface area contributed by atoms with Crippen molar-refractivity contribution in [2.24, 2.45) is 0 Å². The third-order valence-corrected chi connectivity index (χ3v) is 2.90. The molecule has 0 atom stereocenters. The van der Waals surface area contributed by atoms with Gasteiger partial charge in [-0.1, -0.05) is 11.6 Å². The van der Waals surface area contributed by atoms with Gasteiger partial charge in [-0.25, -0.2) is 14.4 Å². The molecule has 0 amide bonds. The van der Waals surface area contributed by atoms with Crippen LogP contribution in [0.2, 0.25) is 5.15 Å². The lowest BCUT2D eigenvalue weighted by molar-refractivity contribution is 0.432. The van der Waals surface area contributed by atoms with Crippen molar-refractivity contribution in [2.75, 3.05) is 0 Å². The van der Waals surface area contributed by atoms with Crippen LogP contribution in [0.4, 0.5) is 4.39 Å². The van der Waals surface area contributed by atoms with E-state index >= 15 is 0 Å². The highest BCUT2D eigenvalue weighted by Crippen LogP contribution is 2.25. The molecule has 1 aromatic carbocycles. The molecule has 88 valence electrons. The van der Waals surface area contributed by atoms with Crippen molar-refractivity contribution in [1.82, 2.24) is 9.97 Å². The molecule has 0 aliphatic heterocycles. The summed E-state index contributed by atoms with van der Waals surface area (Å²) in [5.74, 6) is -0.763. The monoisotopic (exact) mass is 252 g/mol. The van der Waals surface area contributed by atoms with E-state index in [1.807, 2.05) is 13.8 Å². The first-order valence-electron chi connectivity index (χ1n) is 4.98. The molecular formula is C12H10ClFN2O. The molecule has 0 saturated carbocycles. The second-order valence-corrected chi connectivity index (χ2v) is 4.07. The molecule has 0 saturated heterocycles. The SMILES string of the molecule is Cc1nc(-c2ccc(O)c(F)c2)nc(Cl)c1C. The molecule has 1 N–H and O–H groups in total. The number of rotatable bonds is 1. The Kier molecular flexibility index (Phi) is 2.98. The van der Waals surface area contributed by atoms with E-state index in [4.69, 9.17) is 16.7 Å². The second-order valence-electron chi connectivity index (χ2n) is 3.71. The Labute approximate surface area is 103 Å². The lowest BCUT2D eigenvalue weighted by Gasteiger charge is -2.06. The highest BCUT2D eigenvalue weighted by Gasteiger charge is 2.10. The first-order chi connectivity index (χ1) is 7.99. The summed E-state index contributed by atoms with van der Waals surface area (Å²) in [6.07, 6.45) is 0. The largest absolute Gasteiger partial charge is 0.505 e. The zero-order chi connectivity index (χ0) is 12.6. The van der Waals surface area contributed by atoms with Gasteiger partial charge in [-0.15, -0.1) is 0 Å². The molecule has 5 heteroatoms. The molecule has 2 aromatic rings. The van der Waals surface area contributed by atoms with Gasteiger partial charge in [-0.2, -0.15) is 0 Å². The minimum absolute atomic E-state index is 0.344. The minimum atomic E-state index is -0.708. The van der Waals surface area contributed by atoms with E-state index in [0.29, 0.717) is 16.5 Å². The van der Waals surface area contributed by atoms with Gasteiger partial charge >= 0.3 is 0 Å². The Bertz CT molecular complexity index is 564. The second kappa shape index (κ2) is 4.30. The fraction of sp³-hybridized carbons (Fsp3) is 0.167. The van der Waals surface area contributed by atoms with Gasteiger partial charge < -0.3 is 5.11 Å². The van der Waals surface area contributed by atoms with Crippen LogP contribution >= 0.6 is 11.6 Å². The molecule has 0 aliphatic rings. The Hall–Kier alpha value is -1.68. The summed E-state index contributed by atoms with van der Waals surface area (Å²) in [6, 6.07) is 3.98. The normalized spacial score (nSPS) is 10.6. The van der Waals surface area contributed by atoms with Crippen molar-refractivity contribution < 1.29 is 9.50 Å². The number of nitrogens with zero attached hydrogens (tertiary/aromatic N) is 2. The Morgan fingerprint density at radius 2 is 1.94 bits per heavy atom. The molecule has 0 aliphatic carbocycles. The van der Waals surface area contributed by atoms with Crippen molar-refractivity contribution in [1.29, 1.82) is 0 Å². The van der Waals surface area contributed by atoms with Gasteiger partial charge in [0.2, 0.25) is 0 Å². The maximum atomic E-state index is 13.2. The first-order valence-corrected chi connectivity index (χ1v) is 5.36. The first kappa shape index (κ1) is 11.8. The molecule has 0 spiro atoms. The highest BCUT2D eigenvalue weighted by molar-refractivity contribution is 6.30. The van der Waals surface area contributed by atoms with Crippen molar-refractivity contribution in [3.05, 3.63) is 40.4 Å². The lowest BCUT2D eigenvalue weighted by Crippen LogP contribution is -1.96. The summed E-state index contributed by atoms with van der Waals surface area (Å²) in [7, 11) is 0. The van der Waals surface area contributed by atoms with Crippen molar-refractivity contribution in [3.8, 4) is 17.1 Å². The number of aromatic nitrogens is 2. The van der Waals surface area contributed by atoms with Gasteiger partial charge in [0.1, 0.15) is 5.15 Å². The van der Waals surface area contributed by atoms with Crippen LogP contribution in [0, 0.1) is 19.7 Å². The predicted octanol–water partition coefficient (Wildman–Crippen LogP) is 3.26. The van der Waals surface area contributed by atoms with E-state index < -0.39 is 11.6 Å². The van der Waals surface area contributed by atoms with Crippen LogP contribution in [0.15, 0.2) is 18.2 Å². The number of aromatic hydroxyl groups is 1. The zero-order valence-electron chi connectivity index (χ0n) is 9.33. The Balaban J connectivity index is 2.57. The molecule has 1 heterocycles. The van der Waals surface area contributed by atoms with E-state index in [1.165, 1.54) is 12.1 Å². The predicted molar refractivity (Wildman–Crippen MR) is 63.6 cm³/mol. The third kappa shape index (κ3) is 2.22. The van der Waals surface area contributed by atoms with Crippen LogP contribution in [0.3, 0.4) is 0 Å². The van der Waals surface area contributed by atoms with Crippen molar-refractivity contribution >= 4 is 11.6 Å². The molecule has 0 radical (unpaired) electrons. The van der Waals surface area contributed by atoms with E-state index in [-0.39, 0.29) is 0 Å². The molecule has 2 rings (SSSR count). The van der Waals surface area contributed by atoms with Gasteiger partial charge in [-0.3, -0.25) is 0 Å². The van der Waals surface area contributed by atoms with E-state index in [2.05, 4.69) is 9.97 Å². The fourth-order valence-corrected chi connectivity index (χ4v) is 1.59. The average Bonchev–Trinajstić information content (AvgIpc) is 2.29. The highest BCUT2D eigenvalue weighted by atomic mass is 35.5. The number of hydrogen-bond donors (Lipinski definition) is 1. The van der Waals surface area contributed by atoms with E-state index in [1.54, 1.807) is 6.07 Å². The molecule has 17 heavy (non-hydrogen) atoms. The van der Waals surface area contributed by atoms with Crippen molar-refractivity contribution in [3.63, 3.8) is 0 Å². The van der Waals surface area contributed by atoms with Gasteiger partial charge in [0.05, 0.1) is 0 Å². The summed E-state index contributed by atoms with van der Waals surface area (Å²) < 4.78 is 13.2. The lowest BCUT2D eigenvalue weighted by atomic mass is 10.2. The van der Waals surface area contributed by atoms with Gasteiger partial charge in [-0.05, 0) is 32.0 Å². The minimum Gasteiger partial charge on any atom is -0.505 e. The number of halogens is 2. The van der Waals surface area contributed by atoms with Crippen molar-refractivity contribution in [2.45, 2.75) is 13.8 Å². The number of benzene rings is 1. The van der Waals surface area contributed by atoms with Crippen LogP contribution in [0.1, 0.15) is 11.3 Å². The zero-order valence-corrected chi connectivity index (χ0v) is 10.1. The standard InChI is InChI=1S/C12H10ClFN2O/c1-6-7(2)15-12(16-11(6)13)8-3-4-10(17)9(14)5-8/h3-5,17H,1-2H3.